The van der Waals surface area contributed by atoms with E-state index in [2.05, 4.69) is 49.4 Å². The summed E-state index contributed by atoms with van der Waals surface area (Å²) < 4.78 is 0. The van der Waals surface area contributed by atoms with Crippen molar-refractivity contribution in [2.45, 2.75) is 44.9 Å². The van der Waals surface area contributed by atoms with Gasteiger partial charge in [-0.05, 0) is 61.3 Å². The average molecular weight is 329 g/mol. The third-order valence-corrected chi connectivity index (χ3v) is 5.50. The number of allylic oxidation sites excluding steroid dienone is 1. The van der Waals surface area contributed by atoms with Gasteiger partial charge in [0.1, 0.15) is 0 Å². The van der Waals surface area contributed by atoms with Crippen LogP contribution in [0.3, 0.4) is 0 Å². The Balaban J connectivity index is 1.63. The minimum atomic E-state index is 0.265. The lowest BCUT2D eigenvalue weighted by molar-refractivity contribution is 0.574. The monoisotopic (exact) mass is 328 g/mol. The molecule has 1 N–H and O–H groups in total. The van der Waals surface area contributed by atoms with Crippen molar-refractivity contribution in [1.82, 2.24) is 0 Å². The first kappa shape index (κ1) is 16.3. The highest BCUT2D eigenvalue weighted by molar-refractivity contribution is 6.31. The Bertz CT molecular complexity index is 683. The van der Waals surface area contributed by atoms with Crippen molar-refractivity contribution in [3.63, 3.8) is 0 Å². The van der Waals surface area contributed by atoms with Gasteiger partial charge in [0.15, 0.2) is 0 Å². The van der Waals surface area contributed by atoms with Crippen molar-refractivity contribution in [3.8, 4) is 0 Å². The van der Waals surface area contributed by atoms with Gasteiger partial charge in [0.2, 0.25) is 0 Å². The zero-order valence-electron chi connectivity index (χ0n) is 14.1. The molecule has 2 aliphatic carbocycles. The molecule has 0 aliphatic heterocycles. The number of hydrogen-bond donors (Lipinski definition) is 1. The van der Waals surface area contributed by atoms with E-state index in [0.29, 0.717) is 12.5 Å². The number of benzene rings is 1. The summed E-state index contributed by atoms with van der Waals surface area (Å²) in [6, 6.07) is 4.27. The molecule has 2 aliphatic rings. The van der Waals surface area contributed by atoms with Gasteiger partial charge in [0, 0.05) is 22.8 Å². The third kappa shape index (κ3) is 3.53. The maximum absolute atomic E-state index is 6.43. The lowest BCUT2D eigenvalue weighted by atomic mass is 9.81. The number of nitrogens with one attached hydrogen (secondary N) is 1. The van der Waals surface area contributed by atoms with E-state index in [0.717, 1.165) is 28.4 Å². The number of anilines is 1. The Morgan fingerprint density at radius 3 is 2.78 bits per heavy atom. The highest BCUT2D eigenvalue weighted by atomic mass is 35.5. The van der Waals surface area contributed by atoms with E-state index in [9.17, 15) is 0 Å². The van der Waals surface area contributed by atoms with Crippen LogP contribution in [-0.4, -0.2) is 12.8 Å². The third-order valence-electron chi connectivity index (χ3n) is 5.19. The SMILES string of the molecule is C=C(CNc1cc(C2(C)CC2)c(Cl)cc1C)N=CC1CCC1=C. The molecule has 23 heavy (non-hydrogen) atoms. The molecule has 2 nitrogen and oxygen atoms in total. The predicted molar refractivity (Wildman–Crippen MR) is 101 cm³/mol. The van der Waals surface area contributed by atoms with Crippen LogP contribution in [0.15, 0.2) is 41.6 Å². The number of aryl methyl sites for hydroxylation is 1. The molecule has 1 atom stereocenters. The van der Waals surface area contributed by atoms with Gasteiger partial charge in [-0.15, -0.1) is 0 Å². The van der Waals surface area contributed by atoms with Gasteiger partial charge in [-0.1, -0.05) is 37.3 Å². The molecule has 0 aromatic heterocycles. The van der Waals surface area contributed by atoms with Gasteiger partial charge in [-0.25, -0.2) is 0 Å². The van der Waals surface area contributed by atoms with Crippen LogP contribution in [0.5, 0.6) is 0 Å². The van der Waals surface area contributed by atoms with E-state index in [1.54, 1.807) is 0 Å². The molecule has 0 spiro atoms. The smallest absolute Gasteiger partial charge is 0.0567 e. The molecule has 1 unspecified atom stereocenters. The zero-order valence-corrected chi connectivity index (χ0v) is 14.8. The lowest BCUT2D eigenvalue weighted by Crippen LogP contribution is -2.16. The van der Waals surface area contributed by atoms with E-state index in [4.69, 9.17) is 11.6 Å². The van der Waals surface area contributed by atoms with Gasteiger partial charge in [-0.2, -0.15) is 0 Å². The molecule has 0 saturated heterocycles. The number of halogens is 1. The van der Waals surface area contributed by atoms with Crippen LogP contribution in [-0.2, 0) is 5.41 Å². The minimum absolute atomic E-state index is 0.265. The molecule has 0 amide bonds. The summed E-state index contributed by atoms with van der Waals surface area (Å²) in [7, 11) is 0. The first-order chi connectivity index (χ1) is 10.9. The second-order valence-corrected chi connectivity index (χ2v) is 7.62. The number of aliphatic imine (C=N–C) groups is 1. The highest BCUT2D eigenvalue weighted by Crippen LogP contribution is 2.50. The maximum atomic E-state index is 6.43. The van der Waals surface area contributed by atoms with Gasteiger partial charge in [0.25, 0.3) is 0 Å². The molecule has 0 bridgehead atoms. The molecule has 2 saturated carbocycles. The van der Waals surface area contributed by atoms with Crippen LogP contribution < -0.4 is 5.32 Å². The second-order valence-electron chi connectivity index (χ2n) is 7.21. The standard InChI is InChI=1S/C20H25ClN2/c1-13-5-6-16(13)12-22-15(3)11-23-19-10-17(20(4)7-8-20)18(21)9-14(19)2/h9-10,12,16,23H,1,3,5-8,11H2,2,4H3. The topological polar surface area (TPSA) is 24.4 Å². The van der Waals surface area contributed by atoms with Crippen LogP contribution >= 0.6 is 11.6 Å². The molecule has 1 aromatic rings. The summed E-state index contributed by atoms with van der Waals surface area (Å²) in [5.41, 5.74) is 5.94. The van der Waals surface area contributed by atoms with Crippen molar-refractivity contribution in [1.29, 1.82) is 0 Å². The number of nitrogens with zero attached hydrogens (tertiary/aromatic N) is 1. The molecule has 2 fully saturated rings. The van der Waals surface area contributed by atoms with E-state index >= 15 is 0 Å². The van der Waals surface area contributed by atoms with Crippen molar-refractivity contribution in [3.05, 3.63) is 52.7 Å². The lowest BCUT2D eigenvalue weighted by Gasteiger charge is -2.24. The Morgan fingerprint density at radius 2 is 2.22 bits per heavy atom. The van der Waals surface area contributed by atoms with Crippen LogP contribution in [0.4, 0.5) is 5.69 Å². The molecule has 1 aromatic carbocycles. The largest absolute Gasteiger partial charge is 0.379 e. The molecular weight excluding hydrogens is 304 g/mol. The Kier molecular flexibility index (Phi) is 4.37. The van der Waals surface area contributed by atoms with E-state index in [1.165, 1.54) is 30.4 Å². The normalized spacial score (nSPS) is 22.0. The summed E-state index contributed by atoms with van der Waals surface area (Å²) in [5, 5.41) is 4.34. The summed E-state index contributed by atoms with van der Waals surface area (Å²) in [4.78, 5) is 4.47. The van der Waals surface area contributed by atoms with E-state index in [-0.39, 0.29) is 5.41 Å². The van der Waals surface area contributed by atoms with Gasteiger partial charge in [-0.3, -0.25) is 4.99 Å². The average Bonchev–Trinajstić information content (AvgIpc) is 3.23. The Morgan fingerprint density at radius 1 is 1.48 bits per heavy atom. The van der Waals surface area contributed by atoms with E-state index < -0.39 is 0 Å². The summed E-state index contributed by atoms with van der Waals surface area (Å²) in [6.45, 7) is 13.1. The summed E-state index contributed by atoms with van der Waals surface area (Å²) in [5.74, 6) is 0.449. The van der Waals surface area contributed by atoms with Crippen LogP contribution in [0.1, 0.15) is 43.7 Å². The molecule has 3 rings (SSSR count). The number of rotatable bonds is 6. The quantitative estimate of drug-likeness (QED) is 0.528. The molecule has 0 radical (unpaired) electrons. The fraction of sp³-hybridized carbons (Fsp3) is 0.450. The Hall–Kier alpha value is -1.54. The fourth-order valence-electron chi connectivity index (χ4n) is 2.92. The van der Waals surface area contributed by atoms with Gasteiger partial charge in [0.05, 0.1) is 12.2 Å². The van der Waals surface area contributed by atoms with Gasteiger partial charge >= 0.3 is 0 Å². The van der Waals surface area contributed by atoms with Crippen LogP contribution in [0, 0.1) is 12.8 Å². The Labute approximate surface area is 144 Å². The van der Waals surface area contributed by atoms with Crippen LogP contribution in [0.25, 0.3) is 0 Å². The zero-order chi connectivity index (χ0) is 16.6. The second kappa shape index (κ2) is 6.16. The van der Waals surface area contributed by atoms with Crippen molar-refractivity contribution < 1.29 is 0 Å². The maximum Gasteiger partial charge on any atom is 0.0567 e. The van der Waals surface area contributed by atoms with E-state index in [1.807, 2.05) is 6.21 Å². The minimum Gasteiger partial charge on any atom is -0.379 e. The summed E-state index contributed by atoms with van der Waals surface area (Å²) in [6.07, 6.45) is 6.73. The number of hydrogen-bond acceptors (Lipinski definition) is 2. The highest BCUT2D eigenvalue weighted by Gasteiger charge is 2.40. The summed E-state index contributed by atoms with van der Waals surface area (Å²) >= 11 is 6.43. The fourth-order valence-corrected chi connectivity index (χ4v) is 3.36. The van der Waals surface area contributed by atoms with Crippen LogP contribution in [0.2, 0.25) is 5.02 Å². The van der Waals surface area contributed by atoms with Crippen molar-refractivity contribution >= 4 is 23.5 Å². The predicted octanol–water partition coefficient (Wildman–Crippen LogP) is 5.66. The first-order valence-corrected chi connectivity index (χ1v) is 8.71. The van der Waals surface area contributed by atoms with Crippen molar-refractivity contribution in [2.75, 3.05) is 11.9 Å². The van der Waals surface area contributed by atoms with Crippen molar-refractivity contribution in [2.24, 2.45) is 10.9 Å². The molecule has 3 heteroatoms. The van der Waals surface area contributed by atoms with Gasteiger partial charge < -0.3 is 5.32 Å². The molecule has 0 heterocycles. The first-order valence-electron chi connectivity index (χ1n) is 8.33. The molecular formula is C20H25ClN2. The molecule has 122 valence electrons.